The van der Waals surface area contributed by atoms with Crippen LogP contribution in [0.15, 0.2) is 200 Å². The van der Waals surface area contributed by atoms with Crippen LogP contribution in [0, 0.1) is 0 Å². The summed E-state index contributed by atoms with van der Waals surface area (Å²) in [5.41, 5.74) is 15.7. The van der Waals surface area contributed by atoms with Gasteiger partial charge in [0.15, 0.2) is 23.3 Å². The Morgan fingerprint density at radius 3 is 1.48 bits per heavy atom. The molecular formula is C59H39N5O. The highest BCUT2D eigenvalue weighted by Crippen LogP contribution is 2.64. The van der Waals surface area contributed by atoms with E-state index >= 15 is 0 Å². The molecule has 6 nitrogen and oxygen atoms in total. The number of aromatic nitrogens is 5. The average molecular weight is 834 g/mol. The van der Waals surface area contributed by atoms with Crippen molar-refractivity contribution in [3.63, 3.8) is 0 Å². The van der Waals surface area contributed by atoms with Gasteiger partial charge < -0.3 is 4.74 Å². The Kier molecular flexibility index (Phi) is 8.06. The number of benzene rings is 8. The zero-order valence-electron chi connectivity index (χ0n) is 35.7. The number of fused-ring (bicyclic) bond motifs is 12. The van der Waals surface area contributed by atoms with Gasteiger partial charge in [0.2, 0.25) is 0 Å². The summed E-state index contributed by atoms with van der Waals surface area (Å²) in [5.74, 6) is 4.16. The van der Waals surface area contributed by atoms with E-state index in [0.29, 0.717) is 23.3 Å². The third-order valence-electron chi connectivity index (χ3n) is 13.6. The monoisotopic (exact) mass is 833 g/mol. The fourth-order valence-corrected chi connectivity index (χ4v) is 10.7. The van der Waals surface area contributed by atoms with Crippen LogP contribution in [0.25, 0.3) is 79.1 Å². The topological polar surface area (TPSA) is 73.7 Å². The molecule has 2 aromatic heterocycles. The molecule has 306 valence electrons. The SMILES string of the molecule is CC1(C)c2ccccc2-c2c(-c3ccccc3)nc(-c3cccc4c3-c3cc(-c5nc(-c6ccccc6)nc(-c6ccccc6)n5)ccc3C43c4ccccc4Oc4ccccc43)nc21. The minimum atomic E-state index is -0.720. The number of hydrogen-bond donors (Lipinski definition) is 0. The number of rotatable bonds is 5. The van der Waals surface area contributed by atoms with Gasteiger partial charge in [0.05, 0.1) is 16.8 Å². The molecule has 0 saturated heterocycles. The van der Waals surface area contributed by atoms with Crippen molar-refractivity contribution in [1.29, 1.82) is 0 Å². The highest BCUT2D eigenvalue weighted by molar-refractivity contribution is 5.98. The Balaban J connectivity index is 1.12. The van der Waals surface area contributed by atoms with E-state index in [0.717, 1.165) is 89.6 Å². The second-order valence-electron chi connectivity index (χ2n) is 17.5. The molecule has 10 aromatic rings. The van der Waals surface area contributed by atoms with Crippen LogP contribution in [0.5, 0.6) is 11.5 Å². The van der Waals surface area contributed by atoms with Gasteiger partial charge >= 0.3 is 0 Å². The first-order chi connectivity index (χ1) is 32.0. The minimum absolute atomic E-state index is 0.360. The lowest BCUT2D eigenvalue weighted by molar-refractivity contribution is 0.436. The molecule has 6 heteroatoms. The lowest BCUT2D eigenvalue weighted by Gasteiger charge is -2.39. The summed E-state index contributed by atoms with van der Waals surface area (Å²) in [6.45, 7) is 4.57. The average Bonchev–Trinajstić information content (AvgIpc) is 3.79. The van der Waals surface area contributed by atoms with E-state index in [4.69, 9.17) is 29.7 Å². The van der Waals surface area contributed by atoms with Crippen molar-refractivity contribution < 1.29 is 4.74 Å². The quantitative estimate of drug-likeness (QED) is 0.172. The molecular weight excluding hydrogens is 795 g/mol. The van der Waals surface area contributed by atoms with Crippen LogP contribution >= 0.6 is 0 Å². The third kappa shape index (κ3) is 5.44. The van der Waals surface area contributed by atoms with Gasteiger partial charge in [-0.15, -0.1) is 0 Å². The van der Waals surface area contributed by atoms with Crippen LogP contribution in [0.2, 0.25) is 0 Å². The van der Waals surface area contributed by atoms with E-state index in [2.05, 4.69) is 153 Å². The Hall–Kier alpha value is -8.35. The van der Waals surface area contributed by atoms with Gasteiger partial charge in [-0.25, -0.2) is 24.9 Å². The highest BCUT2D eigenvalue weighted by Gasteiger charge is 2.52. The second-order valence-corrected chi connectivity index (χ2v) is 17.5. The summed E-state index contributed by atoms with van der Waals surface area (Å²) >= 11 is 0. The van der Waals surface area contributed by atoms with Gasteiger partial charge in [-0.1, -0.05) is 196 Å². The molecule has 0 N–H and O–H groups in total. The first-order valence-electron chi connectivity index (χ1n) is 22.1. The summed E-state index contributed by atoms with van der Waals surface area (Å²) in [5, 5.41) is 0. The van der Waals surface area contributed by atoms with Crippen molar-refractivity contribution in [2.75, 3.05) is 0 Å². The molecule has 0 amide bonds. The maximum Gasteiger partial charge on any atom is 0.164 e. The van der Waals surface area contributed by atoms with Crippen molar-refractivity contribution in [3.05, 3.63) is 234 Å². The standard InChI is InChI=1S/C59H39N5O/c1-58(2)43-27-13-12-25-40(43)51-52(36-19-6-3-7-20-36)60-57(61-53(51)58)41-26-18-30-47-50(41)42-35-39(56-63-54(37-21-8-4-9-22-37)62-55(64-56)38-23-10-5-11-24-38)33-34-44(42)59(47)45-28-14-16-31-48(45)65-49-32-17-15-29-46(49)59/h3-35H,1-2H3. The van der Waals surface area contributed by atoms with E-state index in [-0.39, 0.29) is 5.41 Å². The third-order valence-corrected chi connectivity index (χ3v) is 13.6. The van der Waals surface area contributed by atoms with Crippen LogP contribution in [-0.4, -0.2) is 24.9 Å². The minimum Gasteiger partial charge on any atom is -0.457 e. The number of para-hydroxylation sites is 2. The van der Waals surface area contributed by atoms with Gasteiger partial charge in [-0.3, -0.25) is 0 Å². The van der Waals surface area contributed by atoms with Crippen LogP contribution in [-0.2, 0) is 10.8 Å². The van der Waals surface area contributed by atoms with E-state index in [9.17, 15) is 0 Å². The fourth-order valence-electron chi connectivity index (χ4n) is 10.7. The zero-order valence-corrected chi connectivity index (χ0v) is 35.7. The molecule has 0 atom stereocenters. The molecule has 0 bridgehead atoms. The molecule has 3 heterocycles. The van der Waals surface area contributed by atoms with Crippen molar-refractivity contribution in [1.82, 2.24) is 24.9 Å². The molecule has 8 aromatic carbocycles. The van der Waals surface area contributed by atoms with Crippen LogP contribution in [0.1, 0.15) is 47.4 Å². The van der Waals surface area contributed by atoms with Gasteiger partial charge in [0, 0.05) is 49.9 Å². The predicted molar refractivity (Wildman–Crippen MR) is 258 cm³/mol. The van der Waals surface area contributed by atoms with E-state index < -0.39 is 5.41 Å². The molecule has 65 heavy (non-hydrogen) atoms. The molecule has 3 aliphatic rings. The largest absolute Gasteiger partial charge is 0.457 e. The van der Waals surface area contributed by atoms with E-state index in [1.165, 1.54) is 11.1 Å². The lowest BCUT2D eigenvalue weighted by Crippen LogP contribution is -2.32. The smallest absolute Gasteiger partial charge is 0.164 e. The van der Waals surface area contributed by atoms with Crippen LogP contribution in [0.3, 0.4) is 0 Å². The van der Waals surface area contributed by atoms with Crippen molar-refractivity contribution >= 4 is 0 Å². The zero-order chi connectivity index (χ0) is 43.3. The normalized spacial score (nSPS) is 14.1. The molecule has 0 radical (unpaired) electrons. The van der Waals surface area contributed by atoms with Crippen LogP contribution in [0.4, 0.5) is 0 Å². The maximum atomic E-state index is 6.73. The molecule has 1 aliphatic heterocycles. The summed E-state index contributed by atoms with van der Waals surface area (Å²) in [4.78, 5) is 26.7. The van der Waals surface area contributed by atoms with E-state index in [1.54, 1.807) is 0 Å². The van der Waals surface area contributed by atoms with Crippen molar-refractivity contribution in [2.45, 2.75) is 24.7 Å². The summed E-state index contributed by atoms with van der Waals surface area (Å²) in [7, 11) is 0. The fraction of sp³-hybridized carbons (Fsp3) is 0.0678. The summed E-state index contributed by atoms with van der Waals surface area (Å²) < 4.78 is 6.73. The summed E-state index contributed by atoms with van der Waals surface area (Å²) in [6.07, 6.45) is 0. The van der Waals surface area contributed by atoms with E-state index in [1.807, 2.05) is 60.7 Å². The Bertz CT molecular complexity index is 3450. The molecule has 0 saturated carbocycles. The van der Waals surface area contributed by atoms with Crippen molar-refractivity contribution in [3.8, 4) is 90.6 Å². The molecule has 0 fully saturated rings. The van der Waals surface area contributed by atoms with Gasteiger partial charge in [-0.05, 0) is 51.6 Å². The van der Waals surface area contributed by atoms with Crippen molar-refractivity contribution in [2.24, 2.45) is 0 Å². The Morgan fingerprint density at radius 1 is 0.338 bits per heavy atom. The number of nitrogens with zero attached hydrogens (tertiary/aromatic N) is 5. The summed E-state index contributed by atoms with van der Waals surface area (Å²) in [6, 6.07) is 69.8. The second kappa shape index (κ2) is 14.1. The maximum absolute atomic E-state index is 6.73. The molecule has 2 aliphatic carbocycles. The van der Waals surface area contributed by atoms with Crippen LogP contribution < -0.4 is 4.74 Å². The number of hydrogen-bond acceptors (Lipinski definition) is 6. The predicted octanol–water partition coefficient (Wildman–Crippen LogP) is 13.8. The molecule has 0 unspecified atom stereocenters. The Morgan fingerprint density at radius 2 is 0.846 bits per heavy atom. The van der Waals surface area contributed by atoms with Gasteiger partial charge in [0.1, 0.15) is 11.5 Å². The van der Waals surface area contributed by atoms with Gasteiger partial charge in [0.25, 0.3) is 0 Å². The highest BCUT2D eigenvalue weighted by atomic mass is 16.5. The molecule has 1 spiro atoms. The first-order valence-corrected chi connectivity index (χ1v) is 22.1. The lowest BCUT2D eigenvalue weighted by atomic mass is 9.66. The first kappa shape index (κ1) is 37.2. The van der Waals surface area contributed by atoms with Gasteiger partial charge in [-0.2, -0.15) is 0 Å². The number of ether oxygens (including phenoxy) is 1. The molecule has 13 rings (SSSR count). The Labute approximate surface area is 377 Å².